The summed E-state index contributed by atoms with van der Waals surface area (Å²) in [6.45, 7) is 9.23. The van der Waals surface area contributed by atoms with Gasteiger partial charge in [-0.3, -0.25) is 4.79 Å². The quantitative estimate of drug-likeness (QED) is 0.612. The van der Waals surface area contributed by atoms with E-state index in [-0.39, 0.29) is 18.4 Å². The average Bonchev–Trinajstić information content (AvgIpc) is 2.25. The number of aliphatic hydroxyl groups excluding tert-OH is 1. The molecular weight excluding hydrogens is 214 g/mol. The van der Waals surface area contributed by atoms with Crippen LogP contribution in [0.15, 0.2) is 0 Å². The second kappa shape index (κ2) is 9.46. The lowest BCUT2D eigenvalue weighted by molar-refractivity contribution is -0.123. The Morgan fingerprint density at radius 1 is 1.18 bits per heavy atom. The van der Waals surface area contributed by atoms with Gasteiger partial charge in [-0.15, -0.1) is 0 Å². The van der Waals surface area contributed by atoms with Crippen LogP contribution in [0.3, 0.4) is 0 Å². The van der Waals surface area contributed by atoms with Crippen molar-refractivity contribution in [3.63, 3.8) is 0 Å². The highest BCUT2D eigenvalue weighted by atomic mass is 16.3. The zero-order chi connectivity index (χ0) is 13.3. The van der Waals surface area contributed by atoms with Gasteiger partial charge >= 0.3 is 0 Å². The molecule has 1 unspecified atom stereocenters. The van der Waals surface area contributed by atoms with Crippen LogP contribution in [0.1, 0.15) is 53.4 Å². The van der Waals surface area contributed by atoms with Crippen molar-refractivity contribution in [1.29, 1.82) is 0 Å². The highest BCUT2D eigenvalue weighted by Crippen LogP contribution is 2.17. The monoisotopic (exact) mass is 243 g/mol. The first-order valence-corrected chi connectivity index (χ1v) is 6.85. The second-order valence-electron chi connectivity index (χ2n) is 5.62. The minimum absolute atomic E-state index is 0.0705. The van der Waals surface area contributed by atoms with Gasteiger partial charge in [0.1, 0.15) is 0 Å². The van der Waals surface area contributed by atoms with Crippen molar-refractivity contribution in [2.75, 3.05) is 13.2 Å². The van der Waals surface area contributed by atoms with E-state index in [9.17, 15) is 9.90 Å². The molecule has 1 atom stereocenters. The number of carbonyl (C=O) groups excluding carboxylic acids is 1. The summed E-state index contributed by atoms with van der Waals surface area (Å²) in [7, 11) is 0. The van der Waals surface area contributed by atoms with Crippen LogP contribution >= 0.6 is 0 Å². The molecule has 0 aromatic rings. The highest BCUT2D eigenvalue weighted by molar-refractivity contribution is 5.77. The topological polar surface area (TPSA) is 49.3 Å². The zero-order valence-corrected chi connectivity index (χ0v) is 11.8. The van der Waals surface area contributed by atoms with E-state index in [4.69, 9.17) is 0 Å². The summed E-state index contributed by atoms with van der Waals surface area (Å²) in [6.07, 6.45) is 4.24. The van der Waals surface area contributed by atoms with Crippen LogP contribution in [0.4, 0.5) is 0 Å². The molecule has 0 aromatic carbocycles. The van der Waals surface area contributed by atoms with Gasteiger partial charge in [0.15, 0.2) is 0 Å². The third-order valence-corrected chi connectivity index (χ3v) is 2.93. The van der Waals surface area contributed by atoms with Gasteiger partial charge in [0.05, 0.1) is 0 Å². The van der Waals surface area contributed by atoms with E-state index in [1.54, 1.807) is 0 Å². The predicted octanol–water partition coefficient (Wildman–Crippen LogP) is 2.58. The number of rotatable bonds is 9. The number of nitrogens with one attached hydrogen (secondary N) is 1. The molecule has 0 spiro atoms. The number of aliphatic hydroxyl groups is 1. The summed E-state index contributed by atoms with van der Waals surface area (Å²) < 4.78 is 0. The maximum atomic E-state index is 11.3. The Balaban J connectivity index is 3.52. The molecule has 17 heavy (non-hydrogen) atoms. The number of carbonyl (C=O) groups is 1. The van der Waals surface area contributed by atoms with Crippen molar-refractivity contribution in [2.24, 2.45) is 17.8 Å². The Labute approximate surface area is 106 Å². The van der Waals surface area contributed by atoms with Crippen molar-refractivity contribution in [2.45, 2.75) is 53.4 Å². The first kappa shape index (κ1) is 16.4. The smallest absolute Gasteiger partial charge is 0.222 e. The second-order valence-corrected chi connectivity index (χ2v) is 5.62. The minimum Gasteiger partial charge on any atom is -0.396 e. The number of hydrogen-bond donors (Lipinski definition) is 2. The molecule has 0 fully saturated rings. The standard InChI is InChI=1S/C14H29NO2/c1-11(2)9-13(10-16)7-5-6-8-15-14(17)12(3)4/h11-13,16H,5-10H2,1-4H3,(H,15,17). The Hall–Kier alpha value is -0.570. The fourth-order valence-electron chi connectivity index (χ4n) is 1.92. The molecule has 3 heteroatoms. The van der Waals surface area contributed by atoms with E-state index >= 15 is 0 Å². The highest BCUT2D eigenvalue weighted by Gasteiger charge is 2.09. The fraction of sp³-hybridized carbons (Fsp3) is 0.929. The molecule has 1 amide bonds. The van der Waals surface area contributed by atoms with Crippen LogP contribution in [-0.4, -0.2) is 24.2 Å². The zero-order valence-electron chi connectivity index (χ0n) is 11.8. The molecule has 0 bridgehead atoms. The Kier molecular flexibility index (Phi) is 9.14. The van der Waals surface area contributed by atoms with Crippen molar-refractivity contribution >= 4 is 5.91 Å². The van der Waals surface area contributed by atoms with Crippen LogP contribution in [0.5, 0.6) is 0 Å². The lowest BCUT2D eigenvalue weighted by Crippen LogP contribution is -2.28. The van der Waals surface area contributed by atoms with E-state index in [2.05, 4.69) is 19.2 Å². The van der Waals surface area contributed by atoms with Gasteiger partial charge in [0.2, 0.25) is 5.91 Å². The molecule has 0 aromatic heterocycles. The third-order valence-electron chi connectivity index (χ3n) is 2.93. The van der Waals surface area contributed by atoms with Gasteiger partial charge in [0, 0.05) is 19.1 Å². The molecular formula is C14H29NO2. The van der Waals surface area contributed by atoms with Crippen LogP contribution < -0.4 is 5.32 Å². The van der Waals surface area contributed by atoms with Gasteiger partial charge in [0.25, 0.3) is 0 Å². The summed E-state index contributed by atoms with van der Waals surface area (Å²) in [5, 5.41) is 12.1. The third kappa shape index (κ3) is 9.16. The van der Waals surface area contributed by atoms with Gasteiger partial charge in [-0.25, -0.2) is 0 Å². The molecule has 0 heterocycles. The van der Waals surface area contributed by atoms with Crippen molar-refractivity contribution in [3.05, 3.63) is 0 Å². The Morgan fingerprint density at radius 3 is 2.29 bits per heavy atom. The summed E-state index contributed by atoms with van der Waals surface area (Å²) in [5.74, 6) is 1.27. The molecule has 102 valence electrons. The van der Waals surface area contributed by atoms with Crippen LogP contribution in [0.2, 0.25) is 0 Å². The Bertz CT molecular complexity index is 202. The van der Waals surface area contributed by atoms with Gasteiger partial charge < -0.3 is 10.4 Å². The lowest BCUT2D eigenvalue weighted by atomic mass is 9.93. The molecule has 0 radical (unpaired) electrons. The first-order valence-electron chi connectivity index (χ1n) is 6.85. The van der Waals surface area contributed by atoms with Crippen LogP contribution in [0, 0.1) is 17.8 Å². The maximum Gasteiger partial charge on any atom is 0.222 e. The number of amides is 1. The van der Waals surface area contributed by atoms with Crippen LogP contribution in [-0.2, 0) is 4.79 Å². The average molecular weight is 243 g/mol. The van der Waals surface area contributed by atoms with Gasteiger partial charge in [-0.1, -0.05) is 34.1 Å². The Morgan fingerprint density at radius 2 is 1.82 bits per heavy atom. The van der Waals surface area contributed by atoms with E-state index < -0.39 is 0 Å². The molecule has 0 aliphatic heterocycles. The van der Waals surface area contributed by atoms with E-state index in [1.165, 1.54) is 0 Å². The summed E-state index contributed by atoms with van der Waals surface area (Å²) in [5.41, 5.74) is 0. The van der Waals surface area contributed by atoms with Crippen molar-refractivity contribution in [3.8, 4) is 0 Å². The molecule has 0 saturated heterocycles. The van der Waals surface area contributed by atoms with E-state index in [0.29, 0.717) is 11.8 Å². The predicted molar refractivity (Wildman–Crippen MR) is 71.7 cm³/mol. The molecule has 3 nitrogen and oxygen atoms in total. The normalized spacial score (nSPS) is 13.1. The fourth-order valence-corrected chi connectivity index (χ4v) is 1.92. The lowest BCUT2D eigenvalue weighted by Gasteiger charge is -2.16. The van der Waals surface area contributed by atoms with E-state index in [0.717, 1.165) is 32.2 Å². The SMILES string of the molecule is CC(C)CC(CO)CCCCNC(=O)C(C)C. The number of unbranched alkanes of at least 4 members (excludes halogenated alkanes) is 1. The molecule has 0 saturated carbocycles. The largest absolute Gasteiger partial charge is 0.396 e. The van der Waals surface area contributed by atoms with Crippen molar-refractivity contribution < 1.29 is 9.90 Å². The summed E-state index contributed by atoms with van der Waals surface area (Å²) >= 11 is 0. The van der Waals surface area contributed by atoms with Crippen LogP contribution in [0.25, 0.3) is 0 Å². The molecule has 0 aliphatic carbocycles. The molecule has 0 aliphatic rings. The van der Waals surface area contributed by atoms with E-state index in [1.807, 2.05) is 13.8 Å². The van der Waals surface area contributed by atoms with Gasteiger partial charge in [-0.2, -0.15) is 0 Å². The van der Waals surface area contributed by atoms with Crippen molar-refractivity contribution in [1.82, 2.24) is 5.32 Å². The molecule has 2 N–H and O–H groups in total. The molecule has 0 rings (SSSR count). The first-order chi connectivity index (χ1) is 7.97. The summed E-state index contributed by atoms with van der Waals surface area (Å²) in [4.78, 5) is 11.3. The number of hydrogen-bond acceptors (Lipinski definition) is 2. The minimum atomic E-state index is 0.0705. The maximum absolute atomic E-state index is 11.3. The summed E-state index contributed by atoms with van der Waals surface area (Å²) in [6, 6.07) is 0. The van der Waals surface area contributed by atoms with Gasteiger partial charge in [-0.05, 0) is 31.1 Å².